The summed E-state index contributed by atoms with van der Waals surface area (Å²) >= 11 is 0. The first-order valence-electron chi connectivity index (χ1n) is 10.2. The summed E-state index contributed by atoms with van der Waals surface area (Å²) in [5.74, 6) is 1.71. The number of nitrogens with one attached hydrogen (secondary N) is 1. The van der Waals surface area contributed by atoms with Crippen LogP contribution in [-0.4, -0.2) is 53.5 Å². The van der Waals surface area contributed by atoms with E-state index in [1.165, 1.54) is 4.31 Å². The molecule has 1 heterocycles. The minimum absolute atomic E-state index is 0.150. The van der Waals surface area contributed by atoms with E-state index in [-0.39, 0.29) is 18.9 Å². The number of nitrogens with zero attached hydrogens (tertiary/aromatic N) is 1. The average molecular weight is 449 g/mol. The first kappa shape index (κ1) is 22.7. The number of carbonyl (C=O) groups excluding carboxylic acids is 1. The second kappa shape index (κ2) is 10.4. The lowest BCUT2D eigenvalue weighted by molar-refractivity contribution is -0.121. The highest BCUT2D eigenvalue weighted by Gasteiger charge is 2.21. The van der Waals surface area contributed by atoms with Gasteiger partial charge < -0.3 is 19.5 Å². The van der Waals surface area contributed by atoms with Crippen molar-refractivity contribution in [1.29, 1.82) is 0 Å². The number of sulfonamides is 1. The Morgan fingerprint density at radius 2 is 1.81 bits per heavy atom. The van der Waals surface area contributed by atoms with Crippen LogP contribution in [0.25, 0.3) is 0 Å². The molecule has 0 spiro atoms. The van der Waals surface area contributed by atoms with Crippen molar-refractivity contribution in [3.05, 3.63) is 48.0 Å². The van der Waals surface area contributed by atoms with Crippen molar-refractivity contribution in [1.82, 2.24) is 5.32 Å². The highest BCUT2D eigenvalue weighted by atomic mass is 32.2. The lowest BCUT2D eigenvalue weighted by atomic mass is 10.2. The van der Waals surface area contributed by atoms with Crippen molar-refractivity contribution in [3.8, 4) is 17.2 Å². The van der Waals surface area contributed by atoms with E-state index in [1.807, 2.05) is 31.2 Å². The van der Waals surface area contributed by atoms with Gasteiger partial charge in [-0.15, -0.1) is 0 Å². The first-order valence-corrected chi connectivity index (χ1v) is 12.0. The van der Waals surface area contributed by atoms with Gasteiger partial charge >= 0.3 is 0 Å². The number of anilines is 1. The van der Waals surface area contributed by atoms with Crippen LogP contribution in [0.1, 0.15) is 18.4 Å². The molecule has 0 radical (unpaired) electrons. The van der Waals surface area contributed by atoms with Crippen LogP contribution in [0.3, 0.4) is 0 Å². The van der Waals surface area contributed by atoms with Crippen LogP contribution in [0.15, 0.2) is 42.5 Å². The summed E-state index contributed by atoms with van der Waals surface area (Å²) in [6.07, 6.45) is 1.74. The number of fused-ring (bicyclic) bond motifs is 1. The zero-order valence-electron chi connectivity index (χ0n) is 17.8. The molecular weight excluding hydrogens is 420 g/mol. The van der Waals surface area contributed by atoms with Crippen LogP contribution in [0.2, 0.25) is 0 Å². The second-order valence-corrected chi connectivity index (χ2v) is 9.18. The lowest BCUT2D eigenvalue weighted by Gasteiger charge is -2.25. The molecule has 0 unspecified atom stereocenters. The molecule has 3 rings (SSSR count). The minimum Gasteiger partial charge on any atom is -0.492 e. The quantitative estimate of drug-likeness (QED) is 0.562. The maximum absolute atomic E-state index is 12.3. The summed E-state index contributed by atoms with van der Waals surface area (Å²) in [5, 5.41) is 2.79. The van der Waals surface area contributed by atoms with Crippen LogP contribution in [0.4, 0.5) is 5.69 Å². The Morgan fingerprint density at radius 1 is 1.10 bits per heavy atom. The Morgan fingerprint density at radius 3 is 2.52 bits per heavy atom. The highest BCUT2D eigenvalue weighted by molar-refractivity contribution is 7.92. The maximum Gasteiger partial charge on any atom is 0.232 e. The van der Waals surface area contributed by atoms with Crippen molar-refractivity contribution < 1.29 is 27.4 Å². The van der Waals surface area contributed by atoms with E-state index >= 15 is 0 Å². The number of benzene rings is 2. The second-order valence-electron chi connectivity index (χ2n) is 7.28. The van der Waals surface area contributed by atoms with E-state index in [2.05, 4.69) is 5.32 Å². The lowest BCUT2D eigenvalue weighted by Crippen LogP contribution is -2.33. The normalized spacial score (nSPS) is 12.8. The van der Waals surface area contributed by atoms with Crippen LogP contribution < -0.4 is 23.8 Å². The van der Waals surface area contributed by atoms with Crippen molar-refractivity contribution in [2.45, 2.75) is 19.8 Å². The summed E-state index contributed by atoms with van der Waals surface area (Å²) in [6, 6.07) is 12.7. The van der Waals surface area contributed by atoms with E-state index in [1.54, 1.807) is 18.2 Å². The van der Waals surface area contributed by atoms with Gasteiger partial charge in [0.2, 0.25) is 15.9 Å². The molecule has 1 amide bonds. The minimum atomic E-state index is -3.51. The van der Waals surface area contributed by atoms with Crippen molar-refractivity contribution in [2.75, 3.05) is 43.5 Å². The standard InChI is InChI=1S/C22H28N2O6S/c1-17-5-8-19(9-6-17)28-13-11-23-22(25)4-3-12-24(31(2,26)27)18-7-10-20-21(16-18)30-15-14-29-20/h5-10,16H,3-4,11-15H2,1-2H3,(H,23,25). The SMILES string of the molecule is Cc1ccc(OCCNC(=O)CCCN(c2ccc3c(c2)OCCO3)S(C)(=O)=O)cc1. The van der Waals surface area contributed by atoms with Crippen LogP contribution in [-0.2, 0) is 14.8 Å². The monoisotopic (exact) mass is 448 g/mol. The molecule has 0 saturated carbocycles. The highest BCUT2D eigenvalue weighted by Crippen LogP contribution is 2.34. The topological polar surface area (TPSA) is 94.2 Å². The van der Waals surface area contributed by atoms with Gasteiger partial charge in [-0.1, -0.05) is 17.7 Å². The fraction of sp³-hybridized carbons (Fsp3) is 0.409. The summed E-state index contributed by atoms with van der Waals surface area (Å²) in [7, 11) is -3.51. The zero-order chi connectivity index (χ0) is 22.3. The Bertz CT molecular complexity index is 992. The van der Waals surface area contributed by atoms with Gasteiger partial charge in [0.15, 0.2) is 11.5 Å². The predicted octanol–water partition coefficient (Wildman–Crippen LogP) is 2.51. The third-order valence-corrected chi connectivity index (χ3v) is 5.89. The van der Waals surface area contributed by atoms with Gasteiger partial charge in [-0.2, -0.15) is 0 Å². The molecule has 0 bridgehead atoms. The largest absolute Gasteiger partial charge is 0.492 e. The molecule has 8 nitrogen and oxygen atoms in total. The summed E-state index contributed by atoms with van der Waals surface area (Å²) in [4.78, 5) is 12.1. The molecule has 1 N–H and O–H groups in total. The smallest absolute Gasteiger partial charge is 0.232 e. The van der Waals surface area contributed by atoms with Crippen LogP contribution in [0, 0.1) is 6.92 Å². The Kier molecular flexibility index (Phi) is 7.62. The molecule has 2 aromatic rings. The van der Waals surface area contributed by atoms with Crippen molar-refractivity contribution in [3.63, 3.8) is 0 Å². The Labute approximate surface area is 183 Å². The third kappa shape index (κ3) is 6.78. The molecule has 2 aromatic carbocycles. The molecule has 168 valence electrons. The maximum atomic E-state index is 12.3. The molecule has 0 fully saturated rings. The van der Waals surface area contributed by atoms with Gasteiger partial charge in [0.25, 0.3) is 0 Å². The molecule has 31 heavy (non-hydrogen) atoms. The van der Waals surface area contributed by atoms with Gasteiger partial charge in [0.05, 0.1) is 18.5 Å². The molecule has 0 saturated heterocycles. The number of amides is 1. The molecular formula is C22H28N2O6S. The van der Waals surface area contributed by atoms with Crippen molar-refractivity contribution in [2.24, 2.45) is 0 Å². The number of hydrogen-bond donors (Lipinski definition) is 1. The Balaban J connectivity index is 1.45. The zero-order valence-corrected chi connectivity index (χ0v) is 18.6. The average Bonchev–Trinajstić information content (AvgIpc) is 2.74. The van der Waals surface area contributed by atoms with E-state index in [0.29, 0.717) is 50.0 Å². The number of ether oxygens (including phenoxy) is 3. The molecule has 1 aliphatic heterocycles. The first-order chi connectivity index (χ1) is 14.8. The van der Waals surface area contributed by atoms with Gasteiger partial charge in [0.1, 0.15) is 25.6 Å². The molecule has 9 heteroatoms. The Hall–Kier alpha value is -2.94. The summed E-state index contributed by atoms with van der Waals surface area (Å²) < 4.78 is 42.4. The van der Waals surface area contributed by atoms with Crippen LogP contribution >= 0.6 is 0 Å². The number of hydrogen-bond acceptors (Lipinski definition) is 6. The van der Waals surface area contributed by atoms with Gasteiger partial charge in [0, 0.05) is 19.0 Å². The summed E-state index contributed by atoms with van der Waals surface area (Å²) in [6.45, 7) is 3.82. The third-order valence-electron chi connectivity index (χ3n) is 4.69. The fourth-order valence-corrected chi connectivity index (χ4v) is 4.10. The summed E-state index contributed by atoms with van der Waals surface area (Å²) in [5.41, 5.74) is 1.64. The molecule has 0 aliphatic carbocycles. The molecule has 1 aliphatic rings. The van der Waals surface area contributed by atoms with E-state index < -0.39 is 10.0 Å². The van der Waals surface area contributed by atoms with E-state index in [9.17, 15) is 13.2 Å². The fourth-order valence-electron chi connectivity index (χ4n) is 3.14. The molecule has 0 aromatic heterocycles. The number of carbonyl (C=O) groups is 1. The van der Waals surface area contributed by atoms with Gasteiger partial charge in [-0.3, -0.25) is 9.10 Å². The molecule has 0 atom stereocenters. The number of rotatable bonds is 10. The van der Waals surface area contributed by atoms with Gasteiger partial charge in [-0.25, -0.2) is 8.42 Å². The number of aryl methyl sites for hydroxylation is 1. The van der Waals surface area contributed by atoms with E-state index in [0.717, 1.165) is 17.6 Å². The van der Waals surface area contributed by atoms with Crippen LogP contribution in [0.5, 0.6) is 17.2 Å². The van der Waals surface area contributed by atoms with Crippen molar-refractivity contribution >= 4 is 21.6 Å². The van der Waals surface area contributed by atoms with E-state index in [4.69, 9.17) is 14.2 Å². The van der Waals surface area contributed by atoms with Gasteiger partial charge in [-0.05, 0) is 37.6 Å². The predicted molar refractivity (Wildman–Crippen MR) is 119 cm³/mol.